The quantitative estimate of drug-likeness (QED) is 0.301. The maximum Gasteiger partial charge on any atom is 0.407 e. The molecule has 258 valence electrons. The summed E-state index contributed by atoms with van der Waals surface area (Å²) >= 11 is 0. The van der Waals surface area contributed by atoms with E-state index in [0.29, 0.717) is 24.2 Å². The van der Waals surface area contributed by atoms with Gasteiger partial charge in [0, 0.05) is 50.2 Å². The lowest BCUT2D eigenvalue weighted by Gasteiger charge is -2.43. The SMILES string of the molecule is COC(=O)N[C@H](C(=O)Cc1cccc(F)c1CC[C@H]1CNC[C@H](C)N1S(=O)(=O)c1ccccc1)C1(c2ccc(F)c(F)c2)CCOCC1. The van der Waals surface area contributed by atoms with Crippen molar-refractivity contribution in [1.82, 2.24) is 14.9 Å². The summed E-state index contributed by atoms with van der Waals surface area (Å²) in [6, 6.07) is 13.9. The van der Waals surface area contributed by atoms with Crippen molar-refractivity contribution in [2.24, 2.45) is 0 Å². The van der Waals surface area contributed by atoms with Crippen LogP contribution in [0.15, 0.2) is 71.6 Å². The van der Waals surface area contributed by atoms with E-state index in [1.807, 2.05) is 6.92 Å². The molecule has 48 heavy (non-hydrogen) atoms. The molecule has 0 unspecified atom stereocenters. The van der Waals surface area contributed by atoms with Crippen LogP contribution in [0.25, 0.3) is 0 Å². The van der Waals surface area contributed by atoms with Crippen molar-refractivity contribution >= 4 is 21.9 Å². The fraction of sp³-hybridized carbons (Fsp3) is 0.429. The van der Waals surface area contributed by atoms with Gasteiger partial charge in [-0.1, -0.05) is 36.4 Å². The van der Waals surface area contributed by atoms with E-state index in [1.165, 1.54) is 22.5 Å². The van der Waals surface area contributed by atoms with Crippen LogP contribution in [0, 0.1) is 17.5 Å². The van der Waals surface area contributed by atoms with Crippen molar-refractivity contribution in [2.45, 2.75) is 67.5 Å². The van der Waals surface area contributed by atoms with Crippen molar-refractivity contribution in [1.29, 1.82) is 0 Å². The van der Waals surface area contributed by atoms with Crippen LogP contribution >= 0.6 is 0 Å². The van der Waals surface area contributed by atoms with Gasteiger partial charge in [-0.05, 0) is 79.6 Å². The van der Waals surface area contributed by atoms with Crippen LogP contribution in [0.1, 0.15) is 42.9 Å². The number of rotatable bonds is 11. The molecule has 2 N–H and O–H groups in total. The van der Waals surface area contributed by atoms with Crippen LogP contribution in [0.5, 0.6) is 0 Å². The third-order valence-corrected chi connectivity index (χ3v) is 11.5. The molecule has 13 heteroatoms. The number of alkyl carbamates (subject to hydrolysis) is 1. The van der Waals surface area contributed by atoms with Gasteiger partial charge in [0.2, 0.25) is 10.0 Å². The summed E-state index contributed by atoms with van der Waals surface area (Å²) in [7, 11) is -2.70. The largest absolute Gasteiger partial charge is 0.453 e. The summed E-state index contributed by atoms with van der Waals surface area (Å²) in [4.78, 5) is 27.0. The lowest BCUT2D eigenvalue weighted by atomic mass is 9.66. The van der Waals surface area contributed by atoms with E-state index >= 15 is 4.39 Å². The molecule has 0 aromatic heterocycles. The van der Waals surface area contributed by atoms with Gasteiger partial charge >= 0.3 is 6.09 Å². The molecular formula is C35H40F3N3O6S. The summed E-state index contributed by atoms with van der Waals surface area (Å²) in [5.74, 6) is -3.18. The topological polar surface area (TPSA) is 114 Å². The van der Waals surface area contributed by atoms with Gasteiger partial charge in [-0.3, -0.25) is 4.79 Å². The number of piperazine rings is 1. The van der Waals surface area contributed by atoms with E-state index in [0.717, 1.165) is 19.2 Å². The normalized spacial score (nSPS) is 20.5. The summed E-state index contributed by atoms with van der Waals surface area (Å²) in [6.07, 6.45) is -0.350. The minimum absolute atomic E-state index is 0.131. The Kier molecular flexibility index (Phi) is 11.2. The molecule has 0 radical (unpaired) electrons. The van der Waals surface area contributed by atoms with Crippen LogP contribution in [-0.2, 0) is 42.5 Å². The lowest BCUT2D eigenvalue weighted by Crippen LogP contribution is -2.58. The molecule has 0 saturated carbocycles. The van der Waals surface area contributed by atoms with Gasteiger partial charge in [0.15, 0.2) is 17.4 Å². The van der Waals surface area contributed by atoms with Crippen molar-refractivity contribution < 1.29 is 40.7 Å². The number of Topliss-reactive ketones (excluding diaryl/α,β-unsaturated/α-hetero) is 1. The first kappa shape index (κ1) is 35.5. The Morgan fingerprint density at radius 1 is 1.00 bits per heavy atom. The Balaban J connectivity index is 1.44. The van der Waals surface area contributed by atoms with Gasteiger partial charge in [0.1, 0.15) is 11.9 Å². The van der Waals surface area contributed by atoms with E-state index in [1.54, 1.807) is 36.4 Å². The molecule has 2 fully saturated rings. The van der Waals surface area contributed by atoms with Gasteiger partial charge in [0.05, 0.1) is 12.0 Å². The molecular weight excluding hydrogens is 647 g/mol. The number of ketones is 1. The van der Waals surface area contributed by atoms with Crippen LogP contribution in [0.2, 0.25) is 0 Å². The second-order valence-corrected chi connectivity index (χ2v) is 14.2. The van der Waals surface area contributed by atoms with E-state index in [-0.39, 0.29) is 61.8 Å². The van der Waals surface area contributed by atoms with Gasteiger partial charge in [-0.25, -0.2) is 26.4 Å². The molecule has 3 atom stereocenters. The first-order valence-corrected chi connectivity index (χ1v) is 17.4. The zero-order valence-electron chi connectivity index (χ0n) is 26.9. The zero-order valence-corrected chi connectivity index (χ0v) is 27.7. The predicted octanol–water partition coefficient (Wildman–Crippen LogP) is 4.67. The number of sulfonamides is 1. The summed E-state index contributed by atoms with van der Waals surface area (Å²) in [6.45, 7) is 3.05. The van der Waals surface area contributed by atoms with E-state index in [2.05, 4.69) is 10.6 Å². The first-order valence-electron chi connectivity index (χ1n) is 15.9. The highest BCUT2D eigenvalue weighted by atomic mass is 32.2. The Morgan fingerprint density at radius 3 is 2.42 bits per heavy atom. The predicted molar refractivity (Wildman–Crippen MR) is 172 cm³/mol. The standard InChI is InChI=1S/C35H40F3N3O6S/c1-23-21-39-22-26(41(23)48(44,45)27-8-4-3-5-9-27)12-13-28-24(7-6-10-29(28)36)19-32(42)33(40-34(43)46-2)35(15-17-47-18-16-35)25-11-14-30(37)31(38)20-25/h3-11,14,20,23,26,33,39H,12-13,15-19,21-22H2,1-2H3,(H,40,43)/t23-,26-,33+/m0/s1. The molecule has 2 aliphatic rings. The number of carbonyl (C=O) groups excluding carboxylic acids is 2. The lowest BCUT2D eigenvalue weighted by molar-refractivity contribution is -0.123. The number of benzene rings is 3. The average Bonchev–Trinajstić information content (AvgIpc) is 3.08. The van der Waals surface area contributed by atoms with Crippen molar-refractivity contribution in [3.63, 3.8) is 0 Å². The monoisotopic (exact) mass is 687 g/mol. The third kappa shape index (κ3) is 7.44. The molecule has 0 spiro atoms. The maximum atomic E-state index is 15.5. The minimum Gasteiger partial charge on any atom is -0.453 e. The fourth-order valence-electron chi connectivity index (χ4n) is 7.01. The van der Waals surface area contributed by atoms with E-state index in [9.17, 15) is 26.8 Å². The second-order valence-electron chi connectivity index (χ2n) is 12.3. The average molecular weight is 688 g/mol. The highest BCUT2D eigenvalue weighted by Gasteiger charge is 2.47. The molecule has 0 bridgehead atoms. The van der Waals surface area contributed by atoms with Crippen LogP contribution in [0.4, 0.5) is 18.0 Å². The highest BCUT2D eigenvalue weighted by molar-refractivity contribution is 7.89. The molecule has 2 saturated heterocycles. The van der Waals surface area contributed by atoms with Crippen LogP contribution in [-0.4, -0.2) is 76.1 Å². The number of amides is 1. The summed E-state index contributed by atoms with van der Waals surface area (Å²) in [5.41, 5.74) is -0.218. The second kappa shape index (κ2) is 15.2. The van der Waals surface area contributed by atoms with E-state index in [4.69, 9.17) is 9.47 Å². The number of halogens is 3. The Morgan fingerprint density at radius 2 is 1.73 bits per heavy atom. The van der Waals surface area contributed by atoms with Crippen molar-refractivity contribution in [3.05, 3.63) is 101 Å². The van der Waals surface area contributed by atoms with Crippen LogP contribution < -0.4 is 10.6 Å². The number of nitrogens with one attached hydrogen (secondary N) is 2. The summed E-state index contributed by atoms with van der Waals surface area (Å²) in [5, 5.41) is 5.90. The number of nitrogens with zero attached hydrogens (tertiary/aromatic N) is 1. The van der Waals surface area contributed by atoms with Crippen LogP contribution in [0.3, 0.4) is 0 Å². The summed E-state index contributed by atoms with van der Waals surface area (Å²) < 4.78 is 83.3. The maximum absolute atomic E-state index is 15.5. The molecule has 1 amide bonds. The van der Waals surface area contributed by atoms with Crippen molar-refractivity contribution in [3.8, 4) is 0 Å². The smallest absolute Gasteiger partial charge is 0.407 e. The molecule has 3 aromatic rings. The Labute approximate surface area is 278 Å². The molecule has 3 aromatic carbocycles. The number of hydrogen-bond acceptors (Lipinski definition) is 7. The molecule has 2 heterocycles. The molecule has 2 aliphatic heterocycles. The minimum atomic E-state index is -3.85. The van der Waals surface area contributed by atoms with Gasteiger partial charge in [-0.15, -0.1) is 0 Å². The number of hydrogen-bond donors (Lipinski definition) is 2. The highest BCUT2D eigenvalue weighted by Crippen LogP contribution is 2.40. The molecule has 5 rings (SSSR count). The number of methoxy groups -OCH3 is 1. The number of carbonyl (C=O) groups is 2. The first-order chi connectivity index (χ1) is 23.0. The molecule has 0 aliphatic carbocycles. The van der Waals surface area contributed by atoms with Gasteiger partial charge in [-0.2, -0.15) is 4.31 Å². The van der Waals surface area contributed by atoms with Gasteiger partial charge in [0.25, 0.3) is 0 Å². The van der Waals surface area contributed by atoms with Gasteiger partial charge < -0.3 is 20.1 Å². The number of ether oxygens (including phenoxy) is 2. The fourth-order valence-corrected chi connectivity index (χ4v) is 8.88. The Bertz CT molecular complexity index is 1720. The molecule has 9 nitrogen and oxygen atoms in total. The van der Waals surface area contributed by atoms with E-state index < -0.39 is 56.9 Å². The van der Waals surface area contributed by atoms with Crippen molar-refractivity contribution in [2.75, 3.05) is 33.4 Å². The Hall–Kier alpha value is -3.78. The zero-order chi connectivity index (χ0) is 34.5. The third-order valence-electron chi connectivity index (χ3n) is 9.44.